The first-order valence-corrected chi connectivity index (χ1v) is 6.16. The van der Waals surface area contributed by atoms with Crippen LogP contribution in [0.25, 0.3) is 0 Å². The Labute approximate surface area is 108 Å². The van der Waals surface area contributed by atoms with E-state index in [2.05, 4.69) is 0 Å². The van der Waals surface area contributed by atoms with E-state index in [-0.39, 0.29) is 17.4 Å². The normalized spacial score (nSPS) is 14.1. The van der Waals surface area contributed by atoms with Gasteiger partial charge < -0.3 is 15.3 Å². The highest BCUT2D eigenvalue weighted by molar-refractivity contribution is 5.45. The molecule has 1 unspecified atom stereocenters. The van der Waals surface area contributed by atoms with Gasteiger partial charge in [-0.15, -0.1) is 0 Å². The molecule has 0 saturated carbocycles. The average molecular weight is 250 g/mol. The molecule has 3 heteroatoms. The Morgan fingerprint density at radius 3 is 2.39 bits per heavy atom. The third-order valence-electron chi connectivity index (χ3n) is 3.00. The van der Waals surface area contributed by atoms with Crippen LogP contribution in [0.4, 0.5) is 0 Å². The van der Waals surface area contributed by atoms with E-state index in [1.807, 2.05) is 20.8 Å². The first-order chi connectivity index (χ1) is 8.31. The van der Waals surface area contributed by atoms with Crippen LogP contribution in [0.1, 0.15) is 44.2 Å². The predicted octanol–water partition coefficient (Wildman–Crippen LogP) is 3.23. The molecule has 1 rings (SSSR count). The van der Waals surface area contributed by atoms with Crippen molar-refractivity contribution in [1.29, 1.82) is 0 Å². The topological polar surface area (TPSA) is 60.7 Å². The molecule has 0 aliphatic rings. The lowest BCUT2D eigenvalue weighted by Crippen LogP contribution is -2.08. The first kappa shape index (κ1) is 14.6. The summed E-state index contributed by atoms with van der Waals surface area (Å²) in [5.74, 6) is 0.315. The van der Waals surface area contributed by atoms with Gasteiger partial charge in [0.05, 0.1) is 6.10 Å². The summed E-state index contributed by atoms with van der Waals surface area (Å²) in [6.45, 7) is 7.53. The molecule has 0 saturated heterocycles. The Balaban J connectivity index is 2.88. The minimum atomic E-state index is -0.534. The van der Waals surface area contributed by atoms with Gasteiger partial charge in [0.2, 0.25) is 0 Å². The Hall–Kier alpha value is -1.48. The van der Waals surface area contributed by atoms with E-state index in [1.165, 1.54) is 0 Å². The van der Waals surface area contributed by atoms with Crippen molar-refractivity contribution in [3.8, 4) is 11.5 Å². The highest BCUT2D eigenvalue weighted by atomic mass is 16.3. The van der Waals surface area contributed by atoms with Gasteiger partial charge in [0, 0.05) is 5.56 Å². The number of benzene rings is 1. The summed E-state index contributed by atoms with van der Waals surface area (Å²) in [5, 5.41) is 29.4. The van der Waals surface area contributed by atoms with Crippen molar-refractivity contribution in [3.63, 3.8) is 0 Å². The lowest BCUT2D eigenvalue weighted by Gasteiger charge is -2.17. The molecule has 0 amide bonds. The molecule has 3 nitrogen and oxygen atoms in total. The fraction of sp³-hybridized carbons (Fsp3) is 0.467. The number of aryl methyl sites for hydroxylation is 1. The number of allylic oxidation sites excluding steroid dienone is 1. The summed E-state index contributed by atoms with van der Waals surface area (Å²) in [7, 11) is 0. The van der Waals surface area contributed by atoms with E-state index in [9.17, 15) is 15.3 Å². The number of hydrogen-bond donors (Lipinski definition) is 3. The monoisotopic (exact) mass is 250 g/mol. The minimum absolute atomic E-state index is 0.0258. The molecule has 0 fully saturated rings. The minimum Gasteiger partial charge on any atom is -0.508 e. The van der Waals surface area contributed by atoms with Crippen molar-refractivity contribution in [1.82, 2.24) is 0 Å². The SMILES string of the molecule is CC(C)=CC(O)C[C@@H](C)c1cc(O)c(C)cc1O. The van der Waals surface area contributed by atoms with Crippen LogP contribution < -0.4 is 0 Å². The average Bonchev–Trinajstić information content (AvgIpc) is 2.21. The van der Waals surface area contributed by atoms with Gasteiger partial charge in [-0.2, -0.15) is 0 Å². The molecular formula is C15H22O3. The summed E-state index contributed by atoms with van der Waals surface area (Å²) < 4.78 is 0. The molecule has 1 aromatic carbocycles. The van der Waals surface area contributed by atoms with Crippen molar-refractivity contribution >= 4 is 0 Å². The van der Waals surface area contributed by atoms with Gasteiger partial charge in [0.25, 0.3) is 0 Å². The van der Waals surface area contributed by atoms with E-state index in [4.69, 9.17) is 0 Å². The van der Waals surface area contributed by atoms with E-state index in [0.29, 0.717) is 17.5 Å². The maximum atomic E-state index is 9.87. The summed E-state index contributed by atoms with van der Waals surface area (Å²) in [6, 6.07) is 3.12. The molecule has 0 bridgehead atoms. The summed E-state index contributed by atoms with van der Waals surface area (Å²) in [4.78, 5) is 0. The van der Waals surface area contributed by atoms with E-state index in [1.54, 1.807) is 25.1 Å². The second-order valence-corrected chi connectivity index (χ2v) is 5.15. The molecule has 0 radical (unpaired) electrons. The largest absolute Gasteiger partial charge is 0.508 e. The fourth-order valence-electron chi connectivity index (χ4n) is 2.03. The molecule has 0 aliphatic carbocycles. The van der Waals surface area contributed by atoms with Crippen molar-refractivity contribution in [2.24, 2.45) is 0 Å². The standard InChI is InChI=1S/C15H22O3/c1-9(2)5-12(16)6-10(3)13-8-14(17)11(4)7-15(13)18/h5,7-8,10,12,16-18H,6H2,1-4H3/t10-,12?/m1/s1. The highest BCUT2D eigenvalue weighted by Crippen LogP contribution is 2.34. The van der Waals surface area contributed by atoms with Crippen LogP contribution in [-0.4, -0.2) is 21.4 Å². The molecule has 0 spiro atoms. The molecule has 18 heavy (non-hydrogen) atoms. The number of hydrogen-bond acceptors (Lipinski definition) is 3. The van der Waals surface area contributed by atoms with Crippen molar-refractivity contribution < 1.29 is 15.3 Å². The van der Waals surface area contributed by atoms with E-state index < -0.39 is 6.10 Å². The Kier molecular flexibility index (Phi) is 4.79. The van der Waals surface area contributed by atoms with Gasteiger partial charge in [0.1, 0.15) is 11.5 Å². The van der Waals surface area contributed by atoms with Gasteiger partial charge in [-0.1, -0.05) is 18.6 Å². The van der Waals surface area contributed by atoms with Crippen LogP contribution in [-0.2, 0) is 0 Å². The zero-order valence-corrected chi connectivity index (χ0v) is 11.4. The molecule has 1 aromatic rings. The van der Waals surface area contributed by atoms with Crippen LogP contribution in [0.2, 0.25) is 0 Å². The quantitative estimate of drug-likeness (QED) is 0.568. The third kappa shape index (κ3) is 3.77. The van der Waals surface area contributed by atoms with Gasteiger partial charge in [0.15, 0.2) is 0 Å². The van der Waals surface area contributed by atoms with Crippen LogP contribution in [0, 0.1) is 6.92 Å². The zero-order valence-electron chi connectivity index (χ0n) is 11.4. The lowest BCUT2D eigenvalue weighted by atomic mass is 9.92. The number of aromatic hydroxyl groups is 2. The molecular weight excluding hydrogens is 228 g/mol. The smallest absolute Gasteiger partial charge is 0.119 e. The number of phenolic OH excluding ortho intramolecular Hbond substituents is 2. The number of aliphatic hydroxyl groups is 1. The number of phenols is 2. The lowest BCUT2D eigenvalue weighted by molar-refractivity contribution is 0.202. The molecule has 2 atom stereocenters. The zero-order chi connectivity index (χ0) is 13.9. The van der Waals surface area contributed by atoms with Crippen molar-refractivity contribution in [2.45, 2.75) is 46.1 Å². The molecule has 3 N–H and O–H groups in total. The second kappa shape index (κ2) is 5.91. The molecule has 0 aromatic heterocycles. The molecule has 0 aliphatic heterocycles. The Bertz CT molecular complexity index is 445. The third-order valence-corrected chi connectivity index (χ3v) is 3.00. The predicted molar refractivity (Wildman–Crippen MR) is 73.0 cm³/mol. The van der Waals surface area contributed by atoms with Crippen molar-refractivity contribution in [3.05, 3.63) is 34.9 Å². The highest BCUT2D eigenvalue weighted by Gasteiger charge is 2.15. The van der Waals surface area contributed by atoms with Gasteiger partial charge in [-0.25, -0.2) is 0 Å². The number of aliphatic hydroxyl groups excluding tert-OH is 1. The van der Waals surface area contributed by atoms with E-state index in [0.717, 1.165) is 5.57 Å². The van der Waals surface area contributed by atoms with Crippen LogP contribution in [0.3, 0.4) is 0 Å². The van der Waals surface area contributed by atoms with Crippen LogP contribution in [0.5, 0.6) is 11.5 Å². The summed E-state index contributed by atoms with van der Waals surface area (Å²) in [5.41, 5.74) is 2.37. The van der Waals surface area contributed by atoms with E-state index >= 15 is 0 Å². The fourth-order valence-corrected chi connectivity index (χ4v) is 2.03. The van der Waals surface area contributed by atoms with Crippen LogP contribution >= 0.6 is 0 Å². The maximum absolute atomic E-state index is 9.87. The van der Waals surface area contributed by atoms with Crippen LogP contribution in [0.15, 0.2) is 23.8 Å². The van der Waals surface area contributed by atoms with Gasteiger partial charge >= 0.3 is 0 Å². The Morgan fingerprint density at radius 2 is 1.83 bits per heavy atom. The van der Waals surface area contributed by atoms with Crippen molar-refractivity contribution in [2.75, 3.05) is 0 Å². The molecule has 0 heterocycles. The maximum Gasteiger partial charge on any atom is 0.119 e. The summed E-state index contributed by atoms with van der Waals surface area (Å²) in [6.07, 6.45) is 1.77. The summed E-state index contributed by atoms with van der Waals surface area (Å²) >= 11 is 0. The van der Waals surface area contributed by atoms with Gasteiger partial charge in [-0.3, -0.25) is 0 Å². The second-order valence-electron chi connectivity index (χ2n) is 5.15. The molecule has 100 valence electrons. The van der Waals surface area contributed by atoms with Gasteiger partial charge in [-0.05, 0) is 50.8 Å². The first-order valence-electron chi connectivity index (χ1n) is 6.16. The number of rotatable bonds is 4. The Morgan fingerprint density at radius 1 is 1.22 bits per heavy atom.